The van der Waals surface area contributed by atoms with Gasteiger partial charge in [0, 0.05) is 17.2 Å². The van der Waals surface area contributed by atoms with Gasteiger partial charge in [-0.1, -0.05) is 30.0 Å². The van der Waals surface area contributed by atoms with E-state index in [9.17, 15) is 9.59 Å². The molecular formula is C14H11NO4S. The Morgan fingerprint density at radius 2 is 1.80 bits per heavy atom. The molecule has 0 spiro atoms. The summed E-state index contributed by atoms with van der Waals surface area (Å²) in [5.41, 5.74) is 0.312. The Bertz CT molecular complexity index is 661. The van der Waals surface area contributed by atoms with Crippen LogP contribution in [0.5, 0.6) is 0 Å². The van der Waals surface area contributed by atoms with E-state index in [2.05, 4.69) is 4.98 Å². The number of aliphatic hydroxyl groups excluding tert-OH is 1. The number of carboxylic acid groups (broad SMARTS) is 1. The van der Waals surface area contributed by atoms with Crippen LogP contribution in [0, 0.1) is 0 Å². The van der Waals surface area contributed by atoms with E-state index in [1.165, 1.54) is 11.8 Å². The van der Waals surface area contributed by atoms with Crippen molar-refractivity contribution in [3.05, 3.63) is 60.0 Å². The Morgan fingerprint density at radius 3 is 2.45 bits per heavy atom. The second kappa shape index (κ2) is 6.12. The standard InChI is InChI=1S/C14H11NO4S/c16-11(8-12(17)14(18)19)10-6-7-15-13(10)20-9-4-2-1-3-5-9/h1-8,15,17H,(H,18,19)/b12-8-. The fraction of sp³-hybridized carbons (Fsp3) is 0. The second-order valence-electron chi connectivity index (χ2n) is 3.83. The predicted octanol–water partition coefficient (Wildman–Crippen LogP) is 2.88. The normalized spacial score (nSPS) is 11.3. The number of allylic oxidation sites excluding steroid dienone is 1. The first kappa shape index (κ1) is 14.0. The van der Waals surface area contributed by atoms with Crippen molar-refractivity contribution in [1.82, 2.24) is 4.98 Å². The van der Waals surface area contributed by atoms with Crippen molar-refractivity contribution in [3.8, 4) is 0 Å². The molecule has 2 rings (SSSR count). The van der Waals surface area contributed by atoms with Gasteiger partial charge < -0.3 is 15.2 Å². The van der Waals surface area contributed by atoms with Crippen LogP contribution in [0.2, 0.25) is 0 Å². The summed E-state index contributed by atoms with van der Waals surface area (Å²) in [6.07, 6.45) is 2.28. The number of carbonyl (C=O) groups is 2. The molecule has 0 unspecified atom stereocenters. The Balaban J connectivity index is 2.23. The number of ketones is 1. The number of aliphatic hydroxyl groups is 1. The third-order valence-electron chi connectivity index (χ3n) is 2.42. The molecule has 0 atom stereocenters. The van der Waals surface area contributed by atoms with Crippen LogP contribution in [0.15, 0.2) is 64.4 Å². The molecule has 0 fully saturated rings. The molecule has 0 aliphatic carbocycles. The maximum absolute atomic E-state index is 11.9. The van der Waals surface area contributed by atoms with E-state index in [1.54, 1.807) is 12.3 Å². The Kier molecular flexibility index (Phi) is 4.27. The van der Waals surface area contributed by atoms with Crippen molar-refractivity contribution in [3.63, 3.8) is 0 Å². The summed E-state index contributed by atoms with van der Waals surface area (Å²) in [5, 5.41) is 18.2. The first-order chi connectivity index (χ1) is 9.58. The van der Waals surface area contributed by atoms with E-state index in [4.69, 9.17) is 10.2 Å². The SMILES string of the molecule is O=C(O)/C(O)=C/C(=O)c1cc[nH]c1Sc1ccccc1. The van der Waals surface area contributed by atoms with Gasteiger partial charge in [0.2, 0.25) is 5.76 Å². The van der Waals surface area contributed by atoms with Crippen LogP contribution in [0.1, 0.15) is 10.4 Å². The van der Waals surface area contributed by atoms with E-state index in [-0.39, 0.29) is 0 Å². The monoisotopic (exact) mass is 289 g/mol. The molecule has 2 aromatic rings. The average molecular weight is 289 g/mol. The van der Waals surface area contributed by atoms with E-state index in [1.807, 2.05) is 30.3 Å². The second-order valence-corrected chi connectivity index (χ2v) is 4.92. The zero-order valence-electron chi connectivity index (χ0n) is 10.2. The molecule has 0 saturated carbocycles. The van der Waals surface area contributed by atoms with Gasteiger partial charge >= 0.3 is 5.97 Å². The van der Waals surface area contributed by atoms with Crippen molar-refractivity contribution in [2.24, 2.45) is 0 Å². The average Bonchev–Trinajstić information content (AvgIpc) is 2.88. The van der Waals surface area contributed by atoms with Crippen LogP contribution < -0.4 is 0 Å². The lowest BCUT2D eigenvalue weighted by molar-refractivity contribution is -0.135. The first-order valence-corrected chi connectivity index (χ1v) is 6.48. The van der Waals surface area contributed by atoms with Crippen LogP contribution in [-0.2, 0) is 4.79 Å². The fourth-order valence-electron chi connectivity index (χ4n) is 1.50. The van der Waals surface area contributed by atoms with Gasteiger partial charge in [0.1, 0.15) is 0 Å². The van der Waals surface area contributed by atoms with Crippen molar-refractivity contribution < 1.29 is 19.8 Å². The zero-order chi connectivity index (χ0) is 14.5. The van der Waals surface area contributed by atoms with Gasteiger partial charge in [-0.3, -0.25) is 4.79 Å². The molecule has 1 aromatic heterocycles. The Hall–Kier alpha value is -2.47. The third-order valence-corrected chi connectivity index (χ3v) is 3.47. The van der Waals surface area contributed by atoms with Gasteiger partial charge in [-0.25, -0.2) is 4.79 Å². The highest BCUT2D eigenvalue weighted by Crippen LogP contribution is 2.29. The lowest BCUT2D eigenvalue weighted by Crippen LogP contribution is -2.04. The molecule has 0 saturated heterocycles. The van der Waals surface area contributed by atoms with Crippen molar-refractivity contribution >= 4 is 23.5 Å². The van der Waals surface area contributed by atoms with Gasteiger partial charge in [0.05, 0.1) is 10.6 Å². The molecule has 0 radical (unpaired) electrons. The van der Waals surface area contributed by atoms with Crippen LogP contribution in [-0.4, -0.2) is 26.9 Å². The molecule has 1 aromatic carbocycles. The summed E-state index contributed by atoms with van der Waals surface area (Å²) in [6, 6.07) is 11.0. The lowest BCUT2D eigenvalue weighted by Gasteiger charge is -2.01. The number of aromatic amines is 1. The Labute approximate surface area is 119 Å². The van der Waals surface area contributed by atoms with Crippen LogP contribution >= 0.6 is 11.8 Å². The zero-order valence-corrected chi connectivity index (χ0v) is 11.1. The van der Waals surface area contributed by atoms with Gasteiger partial charge in [-0.15, -0.1) is 0 Å². The number of aliphatic carboxylic acids is 1. The highest BCUT2D eigenvalue weighted by Gasteiger charge is 2.14. The van der Waals surface area contributed by atoms with Crippen LogP contribution in [0.3, 0.4) is 0 Å². The topological polar surface area (TPSA) is 90.4 Å². The largest absolute Gasteiger partial charge is 0.502 e. The van der Waals surface area contributed by atoms with Crippen LogP contribution in [0.4, 0.5) is 0 Å². The number of carboxylic acids is 1. The van der Waals surface area contributed by atoms with E-state index in [0.29, 0.717) is 16.7 Å². The summed E-state index contributed by atoms with van der Waals surface area (Å²) < 4.78 is 0. The molecule has 0 amide bonds. The molecule has 102 valence electrons. The minimum absolute atomic E-state index is 0.312. The van der Waals surface area contributed by atoms with E-state index < -0.39 is 17.5 Å². The molecule has 6 heteroatoms. The Morgan fingerprint density at radius 1 is 1.10 bits per heavy atom. The maximum Gasteiger partial charge on any atom is 0.371 e. The summed E-state index contributed by atoms with van der Waals surface area (Å²) in [5.74, 6) is -3.08. The number of aromatic nitrogens is 1. The minimum atomic E-state index is -1.54. The molecular weight excluding hydrogens is 278 g/mol. The molecule has 0 aliphatic rings. The maximum atomic E-state index is 11.9. The first-order valence-electron chi connectivity index (χ1n) is 5.66. The molecule has 20 heavy (non-hydrogen) atoms. The van der Waals surface area contributed by atoms with E-state index in [0.717, 1.165) is 4.90 Å². The highest BCUT2D eigenvalue weighted by molar-refractivity contribution is 7.99. The summed E-state index contributed by atoms with van der Waals surface area (Å²) in [6.45, 7) is 0. The minimum Gasteiger partial charge on any atom is -0.502 e. The quantitative estimate of drug-likeness (QED) is 0.447. The summed E-state index contributed by atoms with van der Waals surface area (Å²) in [4.78, 5) is 26.3. The van der Waals surface area contributed by atoms with Crippen molar-refractivity contribution in [2.75, 3.05) is 0 Å². The molecule has 3 N–H and O–H groups in total. The summed E-state index contributed by atoms with van der Waals surface area (Å²) in [7, 11) is 0. The number of nitrogens with one attached hydrogen (secondary N) is 1. The van der Waals surface area contributed by atoms with Gasteiger partial charge in [0.25, 0.3) is 0 Å². The number of carbonyl (C=O) groups excluding carboxylic acids is 1. The summed E-state index contributed by atoms with van der Waals surface area (Å²) >= 11 is 1.35. The number of hydrogen-bond acceptors (Lipinski definition) is 4. The molecule has 0 aliphatic heterocycles. The number of hydrogen-bond donors (Lipinski definition) is 3. The number of H-pyrrole nitrogens is 1. The van der Waals surface area contributed by atoms with Gasteiger partial charge in [0.15, 0.2) is 5.78 Å². The van der Waals surface area contributed by atoms with E-state index >= 15 is 0 Å². The van der Waals surface area contributed by atoms with Gasteiger partial charge in [-0.2, -0.15) is 0 Å². The van der Waals surface area contributed by atoms with Crippen molar-refractivity contribution in [1.29, 1.82) is 0 Å². The molecule has 0 bridgehead atoms. The smallest absolute Gasteiger partial charge is 0.371 e. The van der Waals surface area contributed by atoms with Gasteiger partial charge in [-0.05, 0) is 18.2 Å². The number of rotatable bonds is 5. The molecule has 5 nitrogen and oxygen atoms in total. The van der Waals surface area contributed by atoms with Crippen molar-refractivity contribution in [2.45, 2.75) is 9.92 Å². The fourth-order valence-corrected chi connectivity index (χ4v) is 2.44. The lowest BCUT2D eigenvalue weighted by atomic mass is 10.2. The van der Waals surface area contributed by atoms with Crippen LogP contribution in [0.25, 0.3) is 0 Å². The third kappa shape index (κ3) is 3.30. The molecule has 1 heterocycles. The predicted molar refractivity (Wildman–Crippen MR) is 74.0 cm³/mol. The number of benzene rings is 1. The highest BCUT2D eigenvalue weighted by atomic mass is 32.2.